The fourth-order valence-electron chi connectivity index (χ4n) is 4.02. The number of nitrogens with zero attached hydrogens (tertiary/aromatic N) is 1. The number of carbonyl (C=O) groups excluding carboxylic acids is 1. The lowest BCUT2D eigenvalue weighted by Crippen LogP contribution is -2.37. The maximum Gasteiger partial charge on any atom is 0.472 e. The van der Waals surface area contributed by atoms with Gasteiger partial charge in [0.1, 0.15) is 19.3 Å². The Balaban J connectivity index is 4.12. The van der Waals surface area contributed by atoms with E-state index in [1.54, 1.807) is 0 Å². The molecule has 0 fully saturated rings. The van der Waals surface area contributed by atoms with Crippen LogP contribution in [0.4, 0.5) is 0 Å². The van der Waals surface area contributed by atoms with Gasteiger partial charge in [-0.05, 0) is 64.2 Å². The van der Waals surface area contributed by atoms with Gasteiger partial charge in [0.05, 0.1) is 34.4 Å². The molecule has 0 aliphatic heterocycles. The van der Waals surface area contributed by atoms with Crippen molar-refractivity contribution in [3.8, 4) is 0 Å². The van der Waals surface area contributed by atoms with Crippen LogP contribution in [0.25, 0.3) is 0 Å². The van der Waals surface area contributed by atoms with Gasteiger partial charge in [-0.2, -0.15) is 0 Å². The predicted molar refractivity (Wildman–Crippen MR) is 196 cm³/mol. The highest BCUT2D eigenvalue weighted by Crippen LogP contribution is 2.43. The summed E-state index contributed by atoms with van der Waals surface area (Å²) >= 11 is 0. The molecule has 9 heteroatoms. The van der Waals surface area contributed by atoms with E-state index < -0.39 is 13.9 Å². The third-order valence-corrected chi connectivity index (χ3v) is 7.77. The molecule has 2 unspecified atom stereocenters. The summed E-state index contributed by atoms with van der Waals surface area (Å²) in [4.78, 5) is 22.3. The van der Waals surface area contributed by atoms with Crippen molar-refractivity contribution in [1.29, 1.82) is 0 Å². The van der Waals surface area contributed by atoms with Gasteiger partial charge >= 0.3 is 13.8 Å². The van der Waals surface area contributed by atoms with Crippen molar-refractivity contribution in [3.05, 3.63) is 72.9 Å². The minimum Gasteiger partial charge on any atom is -0.457 e. The first kappa shape index (κ1) is 44.9. The van der Waals surface area contributed by atoms with Crippen molar-refractivity contribution >= 4 is 13.8 Å². The summed E-state index contributed by atoms with van der Waals surface area (Å²) in [6.45, 7) is 5.20. The van der Waals surface area contributed by atoms with E-state index in [9.17, 15) is 14.3 Å². The molecular weight excluding hydrogens is 613 g/mol. The van der Waals surface area contributed by atoms with Crippen LogP contribution >= 0.6 is 7.82 Å². The molecule has 0 saturated carbocycles. The predicted octanol–water partition coefficient (Wildman–Crippen LogP) is 9.59. The van der Waals surface area contributed by atoms with E-state index in [0.717, 1.165) is 83.5 Å². The average Bonchev–Trinajstić information content (AvgIpc) is 3.01. The SMILES string of the molecule is CC/C=C\C/C=C\C/C=C\C/C=C\C/C=C\C/C=C\CCCCCOCC(COP(=O)(O)OCC[N+](C)(C)C)OC(=O)CCCCC. The quantitative estimate of drug-likeness (QED) is 0.0256. The largest absolute Gasteiger partial charge is 0.472 e. The van der Waals surface area contributed by atoms with E-state index in [1.165, 1.54) is 0 Å². The van der Waals surface area contributed by atoms with Crippen molar-refractivity contribution in [2.75, 3.05) is 54.1 Å². The van der Waals surface area contributed by atoms with E-state index in [0.29, 0.717) is 24.1 Å². The summed E-state index contributed by atoms with van der Waals surface area (Å²) in [5, 5.41) is 0. The molecule has 0 aromatic rings. The molecule has 8 nitrogen and oxygen atoms in total. The topological polar surface area (TPSA) is 91.3 Å². The molecule has 0 aliphatic carbocycles. The van der Waals surface area contributed by atoms with Crippen LogP contribution in [-0.4, -0.2) is 75.6 Å². The second kappa shape index (κ2) is 31.2. The Labute approximate surface area is 287 Å². The lowest BCUT2D eigenvalue weighted by molar-refractivity contribution is -0.870. The van der Waals surface area contributed by atoms with Gasteiger partial charge in [-0.15, -0.1) is 0 Å². The zero-order valence-electron chi connectivity index (χ0n) is 30.2. The van der Waals surface area contributed by atoms with E-state index in [2.05, 4.69) is 86.8 Å². The first-order valence-electron chi connectivity index (χ1n) is 17.7. The molecule has 0 bridgehead atoms. The Bertz CT molecular complexity index is 979. The van der Waals surface area contributed by atoms with E-state index in [4.69, 9.17) is 18.5 Å². The van der Waals surface area contributed by atoms with Crippen LogP contribution in [0.5, 0.6) is 0 Å². The van der Waals surface area contributed by atoms with Crippen LogP contribution in [-0.2, 0) is 27.9 Å². The van der Waals surface area contributed by atoms with Crippen molar-refractivity contribution in [3.63, 3.8) is 0 Å². The van der Waals surface area contributed by atoms with Crippen LogP contribution in [0.15, 0.2) is 72.9 Å². The smallest absolute Gasteiger partial charge is 0.457 e. The van der Waals surface area contributed by atoms with Crippen molar-refractivity contribution in [2.24, 2.45) is 0 Å². The van der Waals surface area contributed by atoms with E-state index in [1.807, 2.05) is 21.1 Å². The molecule has 0 aliphatic rings. The van der Waals surface area contributed by atoms with Crippen molar-refractivity contribution in [1.82, 2.24) is 0 Å². The molecule has 47 heavy (non-hydrogen) atoms. The van der Waals surface area contributed by atoms with Gasteiger partial charge in [0.15, 0.2) is 0 Å². The minimum atomic E-state index is -4.26. The molecule has 0 aromatic carbocycles. The fraction of sp³-hybridized carbons (Fsp3) is 0.658. The van der Waals surface area contributed by atoms with Crippen LogP contribution in [0, 0.1) is 0 Å². The first-order valence-corrected chi connectivity index (χ1v) is 19.2. The fourth-order valence-corrected chi connectivity index (χ4v) is 4.76. The molecule has 0 spiro atoms. The monoisotopic (exact) mass is 680 g/mol. The molecule has 0 amide bonds. The highest BCUT2D eigenvalue weighted by atomic mass is 31.2. The molecular formula is C38H67NO7P+. The summed E-state index contributed by atoms with van der Waals surface area (Å²) in [7, 11) is 1.62. The number of hydrogen-bond acceptors (Lipinski definition) is 6. The van der Waals surface area contributed by atoms with Crippen LogP contribution in [0.2, 0.25) is 0 Å². The lowest BCUT2D eigenvalue weighted by atomic mass is 10.2. The normalized spacial score (nSPS) is 14.9. The van der Waals surface area contributed by atoms with Crippen molar-refractivity contribution in [2.45, 2.75) is 110 Å². The number of unbranched alkanes of at least 4 members (excludes halogenated alkanes) is 5. The Morgan fingerprint density at radius 1 is 0.681 bits per heavy atom. The van der Waals surface area contributed by atoms with Gasteiger partial charge in [-0.1, -0.05) is 106 Å². The Kier molecular flexibility index (Phi) is 29.9. The zero-order chi connectivity index (χ0) is 34.9. The number of phosphoric ester groups is 1. The zero-order valence-corrected chi connectivity index (χ0v) is 31.1. The number of phosphoric acid groups is 1. The van der Waals surface area contributed by atoms with E-state index in [-0.39, 0.29) is 25.8 Å². The first-order chi connectivity index (χ1) is 22.6. The summed E-state index contributed by atoms with van der Waals surface area (Å²) in [6, 6.07) is 0. The van der Waals surface area contributed by atoms with Gasteiger partial charge in [0.25, 0.3) is 0 Å². The van der Waals surface area contributed by atoms with Gasteiger partial charge in [-0.25, -0.2) is 4.57 Å². The third kappa shape index (κ3) is 35.1. The van der Waals surface area contributed by atoms with Gasteiger partial charge < -0.3 is 18.9 Å². The molecule has 0 radical (unpaired) electrons. The number of quaternary nitrogens is 1. The van der Waals surface area contributed by atoms with Crippen molar-refractivity contribution < 1.29 is 37.3 Å². The molecule has 0 saturated heterocycles. The number of hydrogen-bond donors (Lipinski definition) is 1. The summed E-state index contributed by atoms with van der Waals surface area (Å²) in [5.41, 5.74) is 0. The number of allylic oxidation sites excluding steroid dienone is 12. The number of likely N-dealkylation sites (N-methyl/N-ethyl adjacent to an activating group) is 1. The summed E-state index contributed by atoms with van der Waals surface area (Å²) in [5.74, 6) is -0.356. The highest BCUT2D eigenvalue weighted by molar-refractivity contribution is 7.47. The maximum absolute atomic E-state index is 12.3. The van der Waals surface area contributed by atoms with Crippen LogP contribution < -0.4 is 0 Å². The average molecular weight is 681 g/mol. The maximum atomic E-state index is 12.3. The lowest BCUT2D eigenvalue weighted by Gasteiger charge is -2.24. The number of rotatable bonds is 31. The standard InChI is InChI=1S/C38H66NO7P/c1-6-8-10-11-12-13-14-15-16-17-18-19-20-21-22-23-24-25-26-27-28-30-33-43-35-37(46-38(40)31-29-9-7-2)36-45-47(41,42)44-34-32-39(3,4)5/h8,10,12-13,15-16,18-19,21-22,24-25,37H,6-7,9,11,14,17,20,23,26-36H2,1-5H3/p+1/b10-8-,13-12-,16-15-,19-18-,22-21-,25-24-. The second-order valence-electron chi connectivity index (χ2n) is 12.5. The van der Waals surface area contributed by atoms with E-state index >= 15 is 0 Å². The molecule has 270 valence electrons. The van der Waals surface area contributed by atoms with Gasteiger partial charge in [0, 0.05) is 13.0 Å². The Hall–Kier alpha value is -2.06. The summed E-state index contributed by atoms with van der Waals surface area (Å²) in [6.07, 6.45) is 38.7. The van der Waals surface area contributed by atoms with Crippen LogP contribution in [0.3, 0.4) is 0 Å². The highest BCUT2D eigenvalue weighted by Gasteiger charge is 2.26. The third-order valence-electron chi connectivity index (χ3n) is 6.78. The molecule has 0 heterocycles. The Morgan fingerprint density at radius 2 is 1.23 bits per heavy atom. The van der Waals surface area contributed by atoms with Gasteiger partial charge in [0.2, 0.25) is 0 Å². The molecule has 0 aromatic heterocycles. The molecule has 1 N–H and O–H groups in total. The van der Waals surface area contributed by atoms with Gasteiger partial charge in [-0.3, -0.25) is 13.8 Å². The minimum absolute atomic E-state index is 0.0772. The Morgan fingerprint density at radius 3 is 1.77 bits per heavy atom. The summed E-state index contributed by atoms with van der Waals surface area (Å²) < 4.78 is 34.3. The number of carbonyl (C=O) groups is 1. The number of ether oxygens (including phenoxy) is 2. The van der Waals surface area contributed by atoms with Crippen LogP contribution in [0.1, 0.15) is 104 Å². The molecule has 2 atom stereocenters. The second-order valence-corrected chi connectivity index (χ2v) is 14.0. The number of esters is 1. The molecule has 0 rings (SSSR count).